The van der Waals surface area contributed by atoms with Crippen LogP contribution in [-0.4, -0.2) is 46.9 Å². The first-order valence-electron chi connectivity index (χ1n) is 8.73. The summed E-state index contributed by atoms with van der Waals surface area (Å²) in [6, 6.07) is 6.15. The topological polar surface area (TPSA) is 119 Å². The molecule has 2 aromatic rings. The average Bonchev–Trinajstić information content (AvgIpc) is 2.68. The van der Waals surface area contributed by atoms with Crippen molar-refractivity contribution in [1.82, 2.24) is 20.2 Å². The lowest BCUT2D eigenvalue weighted by molar-refractivity contribution is -0.141. The third-order valence-corrected chi connectivity index (χ3v) is 4.72. The highest BCUT2D eigenvalue weighted by atomic mass is 32.2. The van der Waals surface area contributed by atoms with E-state index < -0.39 is 23.5 Å². The van der Waals surface area contributed by atoms with E-state index in [9.17, 15) is 19.2 Å². The molecule has 0 aliphatic heterocycles. The van der Waals surface area contributed by atoms with Gasteiger partial charge in [-0.15, -0.1) is 0 Å². The Morgan fingerprint density at radius 2 is 2.00 bits per heavy atom. The highest BCUT2D eigenvalue weighted by molar-refractivity contribution is 7.99. The number of para-hydroxylation sites is 1. The van der Waals surface area contributed by atoms with Crippen LogP contribution in [0.2, 0.25) is 0 Å². The predicted octanol–water partition coefficient (Wildman–Crippen LogP) is 1.29. The second-order valence-electron chi connectivity index (χ2n) is 5.83. The van der Waals surface area contributed by atoms with Crippen molar-refractivity contribution in [1.29, 1.82) is 0 Å². The molecule has 0 unspecified atom stereocenters. The summed E-state index contributed by atoms with van der Waals surface area (Å²) < 4.78 is 5.79. The number of methoxy groups -OCH3 is 1. The standard InChI is InChI=1S/C18H22N4O5S/c1-3-4-9-19-17(26)21-14(23)11-28-18-20-13-8-6-5-7-12(13)16(25)22(18)10-15(24)27-2/h5-8H,3-4,9-11H2,1-2H3,(H2,19,21,23,26). The fraction of sp³-hybridized carbons (Fsp3) is 0.389. The Hall–Kier alpha value is -2.88. The number of urea groups is 1. The molecule has 3 amide bonds. The number of benzene rings is 1. The lowest BCUT2D eigenvalue weighted by Gasteiger charge is -2.12. The molecule has 10 heteroatoms. The fourth-order valence-electron chi connectivity index (χ4n) is 2.31. The number of fused-ring (bicyclic) bond motifs is 1. The zero-order chi connectivity index (χ0) is 20.5. The molecule has 1 aromatic heterocycles. The Kier molecular flexibility index (Phi) is 8.00. The summed E-state index contributed by atoms with van der Waals surface area (Å²) in [5, 5.41) is 5.34. The van der Waals surface area contributed by atoms with Crippen LogP contribution in [0.25, 0.3) is 10.9 Å². The first-order chi connectivity index (χ1) is 13.5. The molecule has 28 heavy (non-hydrogen) atoms. The van der Waals surface area contributed by atoms with E-state index in [2.05, 4.69) is 20.4 Å². The van der Waals surface area contributed by atoms with Crippen LogP contribution in [0.5, 0.6) is 0 Å². The molecular weight excluding hydrogens is 384 g/mol. The van der Waals surface area contributed by atoms with Crippen molar-refractivity contribution in [3.05, 3.63) is 34.6 Å². The number of rotatable bonds is 8. The van der Waals surface area contributed by atoms with E-state index in [1.54, 1.807) is 24.3 Å². The molecule has 0 saturated heterocycles. The highest BCUT2D eigenvalue weighted by Crippen LogP contribution is 2.17. The monoisotopic (exact) mass is 406 g/mol. The number of ether oxygens (including phenoxy) is 1. The Morgan fingerprint density at radius 1 is 1.25 bits per heavy atom. The number of unbranched alkanes of at least 4 members (excludes halogenated alkanes) is 1. The summed E-state index contributed by atoms with van der Waals surface area (Å²) >= 11 is 0.959. The molecule has 1 heterocycles. The van der Waals surface area contributed by atoms with Crippen molar-refractivity contribution in [3.8, 4) is 0 Å². The van der Waals surface area contributed by atoms with Crippen LogP contribution in [-0.2, 0) is 20.9 Å². The predicted molar refractivity (Wildman–Crippen MR) is 105 cm³/mol. The second-order valence-corrected chi connectivity index (χ2v) is 6.77. The first kappa shape index (κ1) is 21.4. The van der Waals surface area contributed by atoms with Crippen LogP contribution >= 0.6 is 11.8 Å². The maximum Gasteiger partial charge on any atom is 0.325 e. The number of carbonyl (C=O) groups excluding carboxylic acids is 3. The van der Waals surface area contributed by atoms with Crippen molar-refractivity contribution >= 4 is 40.6 Å². The van der Waals surface area contributed by atoms with Crippen molar-refractivity contribution in [3.63, 3.8) is 0 Å². The van der Waals surface area contributed by atoms with Gasteiger partial charge in [0.05, 0.1) is 23.8 Å². The smallest absolute Gasteiger partial charge is 0.325 e. The Labute approximate surface area is 165 Å². The number of aromatic nitrogens is 2. The molecule has 0 radical (unpaired) electrons. The van der Waals surface area contributed by atoms with Gasteiger partial charge in [-0.2, -0.15) is 0 Å². The number of thioether (sulfide) groups is 1. The van der Waals surface area contributed by atoms with Gasteiger partial charge in [0.2, 0.25) is 5.91 Å². The van der Waals surface area contributed by atoms with E-state index in [1.165, 1.54) is 7.11 Å². The average molecular weight is 406 g/mol. The summed E-state index contributed by atoms with van der Waals surface area (Å²) in [4.78, 5) is 52.4. The van der Waals surface area contributed by atoms with Crippen molar-refractivity contribution in [2.45, 2.75) is 31.5 Å². The van der Waals surface area contributed by atoms with Gasteiger partial charge in [-0.1, -0.05) is 37.2 Å². The van der Waals surface area contributed by atoms with Gasteiger partial charge < -0.3 is 10.1 Å². The van der Waals surface area contributed by atoms with Gasteiger partial charge >= 0.3 is 12.0 Å². The van der Waals surface area contributed by atoms with E-state index in [4.69, 9.17) is 0 Å². The third kappa shape index (κ3) is 5.81. The number of esters is 1. The van der Waals surface area contributed by atoms with E-state index in [0.29, 0.717) is 17.4 Å². The van der Waals surface area contributed by atoms with Crippen LogP contribution in [0, 0.1) is 0 Å². The molecular formula is C18H22N4O5S. The molecule has 0 saturated carbocycles. The molecule has 0 fully saturated rings. The van der Waals surface area contributed by atoms with E-state index in [1.807, 2.05) is 6.92 Å². The number of hydrogen-bond donors (Lipinski definition) is 2. The molecule has 1 aromatic carbocycles. The van der Waals surface area contributed by atoms with E-state index >= 15 is 0 Å². The van der Waals surface area contributed by atoms with Crippen molar-refractivity contribution in [2.75, 3.05) is 19.4 Å². The molecule has 0 atom stereocenters. The highest BCUT2D eigenvalue weighted by Gasteiger charge is 2.16. The van der Waals surface area contributed by atoms with E-state index in [0.717, 1.165) is 29.2 Å². The minimum Gasteiger partial charge on any atom is -0.468 e. The molecule has 150 valence electrons. The summed E-state index contributed by atoms with van der Waals surface area (Å²) in [5.74, 6) is -1.29. The quantitative estimate of drug-likeness (QED) is 0.293. The normalized spacial score (nSPS) is 10.5. The minimum atomic E-state index is -0.610. The number of nitrogens with one attached hydrogen (secondary N) is 2. The van der Waals surface area contributed by atoms with Gasteiger partial charge in [0, 0.05) is 6.54 Å². The van der Waals surface area contributed by atoms with Gasteiger partial charge in [0.25, 0.3) is 5.56 Å². The number of imide groups is 1. The van der Waals surface area contributed by atoms with Crippen LogP contribution in [0.15, 0.2) is 34.2 Å². The third-order valence-electron chi connectivity index (χ3n) is 3.74. The lowest BCUT2D eigenvalue weighted by Crippen LogP contribution is -2.40. The van der Waals surface area contributed by atoms with Crippen LogP contribution in [0.4, 0.5) is 4.79 Å². The molecule has 0 aliphatic carbocycles. The van der Waals surface area contributed by atoms with Gasteiger partial charge in [0.1, 0.15) is 6.54 Å². The molecule has 9 nitrogen and oxygen atoms in total. The Balaban J connectivity index is 2.15. The maximum absolute atomic E-state index is 12.7. The zero-order valence-corrected chi connectivity index (χ0v) is 16.5. The maximum atomic E-state index is 12.7. The SMILES string of the molecule is CCCCNC(=O)NC(=O)CSc1nc2ccccc2c(=O)n1CC(=O)OC. The Bertz CT molecular complexity index is 928. The molecule has 2 rings (SSSR count). The van der Waals surface area contributed by atoms with Crippen molar-refractivity contribution < 1.29 is 19.1 Å². The van der Waals surface area contributed by atoms with Crippen LogP contribution in [0.1, 0.15) is 19.8 Å². The van der Waals surface area contributed by atoms with E-state index in [-0.39, 0.29) is 17.5 Å². The summed E-state index contributed by atoms with van der Waals surface area (Å²) in [5.41, 5.74) is 0.0463. The zero-order valence-electron chi connectivity index (χ0n) is 15.7. The van der Waals surface area contributed by atoms with Gasteiger partial charge in [-0.05, 0) is 18.6 Å². The number of carbonyl (C=O) groups is 3. The van der Waals surface area contributed by atoms with Gasteiger partial charge in [-0.3, -0.25) is 24.3 Å². The van der Waals surface area contributed by atoms with Gasteiger partial charge in [-0.25, -0.2) is 9.78 Å². The summed E-state index contributed by atoms with van der Waals surface area (Å²) in [7, 11) is 1.22. The molecule has 0 bridgehead atoms. The summed E-state index contributed by atoms with van der Waals surface area (Å²) in [6.45, 7) is 2.15. The first-order valence-corrected chi connectivity index (χ1v) is 9.71. The van der Waals surface area contributed by atoms with Crippen LogP contribution in [0.3, 0.4) is 0 Å². The molecule has 0 aliphatic rings. The second kappa shape index (κ2) is 10.5. The van der Waals surface area contributed by atoms with Crippen LogP contribution < -0.4 is 16.2 Å². The largest absolute Gasteiger partial charge is 0.468 e. The fourth-order valence-corrected chi connectivity index (χ4v) is 3.11. The summed E-state index contributed by atoms with van der Waals surface area (Å²) in [6.07, 6.45) is 1.74. The van der Waals surface area contributed by atoms with Crippen molar-refractivity contribution in [2.24, 2.45) is 0 Å². The lowest BCUT2D eigenvalue weighted by atomic mass is 10.2. The molecule has 2 N–H and O–H groups in total. The number of nitrogens with zero attached hydrogens (tertiary/aromatic N) is 2. The molecule has 0 spiro atoms. The number of amides is 3. The Morgan fingerprint density at radius 3 is 2.71 bits per heavy atom. The minimum absolute atomic E-state index is 0.146. The number of hydrogen-bond acceptors (Lipinski definition) is 7. The van der Waals surface area contributed by atoms with Gasteiger partial charge in [0.15, 0.2) is 5.16 Å².